The van der Waals surface area contributed by atoms with Gasteiger partial charge in [0.25, 0.3) is 0 Å². The minimum atomic E-state index is -0.429. The van der Waals surface area contributed by atoms with Crippen molar-refractivity contribution in [1.82, 2.24) is 4.90 Å². The van der Waals surface area contributed by atoms with Crippen LogP contribution in [-0.4, -0.2) is 42.4 Å². The maximum absolute atomic E-state index is 13.7. The van der Waals surface area contributed by atoms with Gasteiger partial charge in [-0.05, 0) is 68.9 Å². The van der Waals surface area contributed by atoms with E-state index in [1.807, 2.05) is 11.0 Å². The zero-order valence-corrected chi connectivity index (χ0v) is 17.8. The van der Waals surface area contributed by atoms with E-state index in [1.165, 1.54) is 5.56 Å². The molecule has 0 radical (unpaired) electrons. The predicted molar refractivity (Wildman–Crippen MR) is 116 cm³/mol. The molecule has 3 fully saturated rings. The predicted octanol–water partition coefficient (Wildman–Crippen LogP) is 3.24. The van der Waals surface area contributed by atoms with Gasteiger partial charge in [0.2, 0.25) is 11.8 Å². The summed E-state index contributed by atoms with van der Waals surface area (Å²) < 4.78 is 0. The van der Waals surface area contributed by atoms with Crippen LogP contribution in [0.4, 0.5) is 5.69 Å². The number of nitrogens with two attached hydrogens (primary N) is 1. The molecule has 158 valence electrons. The van der Waals surface area contributed by atoms with E-state index in [-0.39, 0.29) is 24.2 Å². The monoisotopic (exact) mass is 417 g/mol. The summed E-state index contributed by atoms with van der Waals surface area (Å²) >= 11 is 0. The third-order valence-corrected chi connectivity index (χ3v) is 7.55. The molecule has 0 unspecified atom stereocenters. The summed E-state index contributed by atoms with van der Waals surface area (Å²) in [4.78, 5) is 30.2. The van der Waals surface area contributed by atoms with E-state index >= 15 is 0 Å². The summed E-state index contributed by atoms with van der Waals surface area (Å²) in [6, 6.07) is 8.68. The van der Waals surface area contributed by atoms with E-state index in [9.17, 15) is 9.59 Å². The molecule has 2 aliphatic heterocycles. The van der Waals surface area contributed by atoms with Gasteiger partial charge in [-0.2, -0.15) is 0 Å². The molecule has 0 atom stereocenters. The molecule has 29 heavy (non-hydrogen) atoms. The van der Waals surface area contributed by atoms with E-state index in [1.54, 1.807) is 0 Å². The third-order valence-electron chi connectivity index (χ3n) is 7.55. The normalized spacial score (nSPS) is 28.2. The number of fused-ring (bicyclic) bond motifs is 2. The van der Waals surface area contributed by atoms with Crippen molar-refractivity contribution < 1.29 is 9.59 Å². The Kier molecular flexibility index (Phi) is 5.64. The molecule has 5 nitrogen and oxygen atoms in total. The number of benzene rings is 1. The molecule has 1 saturated heterocycles. The second-order valence-corrected chi connectivity index (χ2v) is 9.40. The van der Waals surface area contributed by atoms with Crippen LogP contribution < -0.4 is 10.6 Å². The summed E-state index contributed by atoms with van der Waals surface area (Å²) in [6.07, 6.45) is 7.96. The highest BCUT2D eigenvalue weighted by molar-refractivity contribution is 6.08. The van der Waals surface area contributed by atoms with Crippen LogP contribution in [0.25, 0.3) is 0 Å². The van der Waals surface area contributed by atoms with Crippen molar-refractivity contribution in [1.29, 1.82) is 0 Å². The van der Waals surface area contributed by atoms with Gasteiger partial charge >= 0.3 is 0 Å². The van der Waals surface area contributed by atoms with Gasteiger partial charge in [-0.1, -0.05) is 18.2 Å². The maximum Gasteiger partial charge on any atom is 0.237 e. The van der Waals surface area contributed by atoms with E-state index in [2.05, 4.69) is 23.1 Å². The highest BCUT2D eigenvalue weighted by atomic mass is 35.5. The Morgan fingerprint density at radius 1 is 1.03 bits per heavy atom. The summed E-state index contributed by atoms with van der Waals surface area (Å²) in [5.41, 5.74) is 7.93. The molecule has 2 amide bonds. The molecule has 0 aromatic heterocycles. The van der Waals surface area contributed by atoms with Crippen LogP contribution in [0, 0.1) is 11.8 Å². The van der Waals surface area contributed by atoms with Crippen LogP contribution in [0.15, 0.2) is 24.3 Å². The van der Waals surface area contributed by atoms with E-state index in [0.717, 1.165) is 63.6 Å². The third kappa shape index (κ3) is 3.57. The van der Waals surface area contributed by atoms with Crippen LogP contribution in [0.3, 0.4) is 0 Å². The molecule has 1 spiro atoms. The fraction of sp³-hybridized carbons (Fsp3) is 0.652. The standard InChI is InChI=1S/C23H31N3O2.ClH/c24-18-9-5-16(6-10-18)15-26-20-4-2-1-3-19(20)23(22(26)28)11-13-25(14-12-23)21(27)17-7-8-17;/h1-4,16-18H,5-15,24H2;1H. The molecule has 2 aliphatic carbocycles. The number of anilines is 1. The van der Waals surface area contributed by atoms with Crippen LogP contribution in [0.2, 0.25) is 0 Å². The number of carbonyl (C=O) groups excluding carboxylic acids is 2. The number of piperidine rings is 1. The lowest BCUT2D eigenvalue weighted by atomic mass is 9.73. The molecule has 2 saturated carbocycles. The zero-order valence-electron chi connectivity index (χ0n) is 17.0. The Hall–Kier alpha value is -1.59. The Labute approximate surface area is 179 Å². The van der Waals surface area contributed by atoms with Gasteiger partial charge in [0.15, 0.2) is 0 Å². The van der Waals surface area contributed by atoms with Crippen molar-refractivity contribution in [2.45, 2.75) is 62.8 Å². The van der Waals surface area contributed by atoms with Gasteiger partial charge in [0.05, 0.1) is 5.41 Å². The number of halogens is 1. The first-order valence-corrected chi connectivity index (χ1v) is 11.0. The van der Waals surface area contributed by atoms with Crippen molar-refractivity contribution in [3.05, 3.63) is 29.8 Å². The number of amides is 2. The summed E-state index contributed by atoms with van der Waals surface area (Å²) in [6.45, 7) is 2.23. The minimum absolute atomic E-state index is 0. The van der Waals surface area contributed by atoms with Crippen LogP contribution in [-0.2, 0) is 15.0 Å². The number of rotatable bonds is 3. The second-order valence-electron chi connectivity index (χ2n) is 9.40. The van der Waals surface area contributed by atoms with Crippen LogP contribution in [0.5, 0.6) is 0 Å². The molecule has 4 aliphatic rings. The Balaban J connectivity index is 0.00000205. The fourth-order valence-electron chi connectivity index (χ4n) is 5.59. The SMILES string of the molecule is Cl.NC1CCC(CN2C(=O)C3(CCN(C(=O)C4CC4)CC3)c3ccccc32)CC1. The lowest BCUT2D eigenvalue weighted by Crippen LogP contribution is -2.51. The highest BCUT2D eigenvalue weighted by Gasteiger charge is 2.53. The van der Waals surface area contributed by atoms with Gasteiger partial charge in [0.1, 0.15) is 0 Å². The zero-order chi connectivity index (χ0) is 19.3. The van der Waals surface area contributed by atoms with Crippen molar-refractivity contribution >= 4 is 29.9 Å². The molecular formula is C23H32ClN3O2. The lowest BCUT2D eigenvalue weighted by Gasteiger charge is -2.39. The Bertz CT molecular complexity index is 778. The molecule has 6 heteroatoms. The van der Waals surface area contributed by atoms with Gasteiger partial charge < -0.3 is 15.5 Å². The lowest BCUT2D eigenvalue weighted by molar-refractivity contribution is -0.136. The summed E-state index contributed by atoms with van der Waals surface area (Å²) in [7, 11) is 0. The van der Waals surface area contributed by atoms with Gasteiger partial charge in [0, 0.05) is 37.3 Å². The fourth-order valence-corrected chi connectivity index (χ4v) is 5.59. The smallest absolute Gasteiger partial charge is 0.237 e. The molecular weight excluding hydrogens is 386 g/mol. The first-order chi connectivity index (χ1) is 13.6. The average molecular weight is 418 g/mol. The van der Waals surface area contributed by atoms with Crippen molar-refractivity contribution in [3.8, 4) is 0 Å². The average Bonchev–Trinajstić information content (AvgIpc) is 3.55. The largest absolute Gasteiger partial charge is 0.342 e. The van der Waals surface area contributed by atoms with Crippen LogP contribution >= 0.6 is 12.4 Å². The number of carbonyl (C=O) groups is 2. The molecule has 0 bridgehead atoms. The first-order valence-electron chi connectivity index (χ1n) is 11.0. The molecule has 2 N–H and O–H groups in total. The quantitative estimate of drug-likeness (QED) is 0.820. The first kappa shape index (κ1) is 20.7. The summed E-state index contributed by atoms with van der Waals surface area (Å²) in [5.74, 6) is 1.38. The Morgan fingerprint density at radius 3 is 2.34 bits per heavy atom. The molecule has 1 aromatic rings. The van der Waals surface area contributed by atoms with E-state index in [4.69, 9.17) is 5.73 Å². The number of para-hydroxylation sites is 1. The molecule has 2 heterocycles. The number of hydrogen-bond acceptors (Lipinski definition) is 3. The van der Waals surface area contributed by atoms with Crippen LogP contribution in [0.1, 0.15) is 56.9 Å². The highest BCUT2D eigenvalue weighted by Crippen LogP contribution is 2.49. The number of nitrogens with zero attached hydrogens (tertiary/aromatic N) is 2. The van der Waals surface area contributed by atoms with Gasteiger partial charge in [-0.15, -0.1) is 12.4 Å². The number of likely N-dealkylation sites (tertiary alicyclic amines) is 1. The van der Waals surface area contributed by atoms with E-state index < -0.39 is 5.41 Å². The molecule has 1 aromatic carbocycles. The maximum atomic E-state index is 13.7. The Morgan fingerprint density at radius 2 is 1.69 bits per heavy atom. The molecule has 5 rings (SSSR count). The van der Waals surface area contributed by atoms with Gasteiger partial charge in [-0.3, -0.25) is 9.59 Å². The van der Waals surface area contributed by atoms with Crippen molar-refractivity contribution in [2.24, 2.45) is 17.6 Å². The van der Waals surface area contributed by atoms with Crippen molar-refractivity contribution in [3.63, 3.8) is 0 Å². The van der Waals surface area contributed by atoms with Crippen molar-refractivity contribution in [2.75, 3.05) is 24.5 Å². The minimum Gasteiger partial charge on any atom is -0.342 e. The van der Waals surface area contributed by atoms with E-state index in [0.29, 0.717) is 31.0 Å². The second kappa shape index (κ2) is 7.92. The topological polar surface area (TPSA) is 66.6 Å². The summed E-state index contributed by atoms with van der Waals surface area (Å²) in [5, 5.41) is 0. The van der Waals surface area contributed by atoms with Gasteiger partial charge in [-0.25, -0.2) is 0 Å². The number of hydrogen-bond donors (Lipinski definition) is 1.